The second kappa shape index (κ2) is 5.71. The molecule has 0 aliphatic rings. The molecule has 4 heteroatoms. The van der Waals surface area contributed by atoms with E-state index in [9.17, 15) is 9.59 Å². The molecule has 0 radical (unpaired) electrons. The van der Waals surface area contributed by atoms with Crippen LogP contribution in [-0.4, -0.2) is 17.0 Å². The largest absolute Gasteiger partial charge is 0.481 e. The number of carbonyl (C=O) groups is 2. The smallest absolute Gasteiger partial charge is 0.316 e. The lowest BCUT2D eigenvalue weighted by atomic mass is 10.1. The van der Waals surface area contributed by atoms with Crippen LogP contribution in [-0.2, 0) is 9.59 Å². The molecule has 0 aromatic heterocycles. The third-order valence-corrected chi connectivity index (χ3v) is 2.32. The molecule has 1 unspecified atom stereocenters. The van der Waals surface area contributed by atoms with Gasteiger partial charge in [-0.3, -0.25) is 9.59 Å². The van der Waals surface area contributed by atoms with E-state index in [4.69, 9.17) is 11.5 Å². The number of amides is 1. The van der Waals surface area contributed by atoms with E-state index in [0.29, 0.717) is 11.3 Å². The summed E-state index contributed by atoms with van der Waals surface area (Å²) in [7, 11) is 0. The Morgan fingerprint density at radius 2 is 2.24 bits per heavy atom. The van der Waals surface area contributed by atoms with E-state index in [1.54, 1.807) is 31.2 Å². The van der Waals surface area contributed by atoms with Crippen molar-refractivity contribution in [2.45, 2.75) is 13.3 Å². The second-order valence-electron chi connectivity index (χ2n) is 3.51. The van der Waals surface area contributed by atoms with E-state index < -0.39 is 17.8 Å². The number of carboxylic acid groups (broad SMARTS) is 1. The highest BCUT2D eigenvalue weighted by atomic mass is 16.4. The van der Waals surface area contributed by atoms with Crippen LogP contribution in [0.3, 0.4) is 0 Å². The van der Waals surface area contributed by atoms with E-state index in [1.807, 2.05) is 0 Å². The van der Waals surface area contributed by atoms with Crippen molar-refractivity contribution in [1.82, 2.24) is 0 Å². The monoisotopic (exact) mass is 231 g/mol. The summed E-state index contributed by atoms with van der Waals surface area (Å²) in [6.07, 6.45) is 5.47. The van der Waals surface area contributed by atoms with Crippen molar-refractivity contribution in [3.05, 3.63) is 29.8 Å². The average Bonchev–Trinajstić information content (AvgIpc) is 2.29. The van der Waals surface area contributed by atoms with Gasteiger partial charge in [-0.15, -0.1) is 6.42 Å². The molecular weight excluding hydrogens is 218 g/mol. The van der Waals surface area contributed by atoms with Gasteiger partial charge in [0.15, 0.2) is 0 Å². The Hall–Kier alpha value is -2.28. The van der Waals surface area contributed by atoms with E-state index in [0.717, 1.165) is 0 Å². The number of terminal acetylenes is 1. The molecule has 0 spiro atoms. The van der Waals surface area contributed by atoms with Crippen molar-refractivity contribution in [1.29, 1.82) is 0 Å². The van der Waals surface area contributed by atoms with Crippen LogP contribution in [0.5, 0.6) is 0 Å². The van der Waals surface area contributed by atoms with Crippen molar-refractivity contribution >= 4 is 17.6 Å². The summed E-state index contributed by atoms with van der Waals surface area (Å²) < 4.78 is 0. The second-order valence-corrected chi connectivity index (χ2v) is 3.51. The molecule has 0 aliphatic carbocycles. The maximum absolute atomic E-state index is 11.6. The molecule has 0 aliphatic heterocycles. The van der Waals surface area contributed by atoms with Gasteiger partial charge in [0.2, 0.25) is 5.91 Å². The molecule has 0 heterocycles. The number of anilines is 1. The lowest BCUT2D eigenvalue weighted by Crippen LogP contribution is -2.28. The van der Waals surface area contributed by atoms with Gasteiger partial charge in [-0.1, -0.05) is 18.9 Å². The molecule has 1 aromatic carbocycles. The number of carbonyl (C=O) groups excluding carboxylic acids is 1. The maximum atomic E-state index is 11.6. The summed E-state index contributed by atoms with van der Waals surface area (Å²) in [4.78, 5) is 22.4. The molecule has 88 valence electrons. The lowest BCUT2D eigenvalue weighted by molar-refractivity contribution is -0.145. The van der Waals surface area contributed by atoms with Gasteiger partial charge in [0.1, 0.15) is 5.92 Å². The molecule has 4 nitrogen and oxygen atoms in total. The van der Waals surface area contributed by atoms with Gasteiger partial charge in [-0.25, -0.2) is 0 Å². The molecule has 2 N–H and O–H groups in total. The van der Waals surface area contributed by atoms with E-state index in [1.165, 1.54) is 0 Å². The van der Waals surface area contributed by atoms with Crippen LogP contribution in [0.2, 0.25) is 0 Å². The fraction of sp³-hybridized carbons (Fsp3) is 0.231. The summed E-state index contributed by atoms with van der Waals surface area (Å²) in [5.41, 5.74) is 1.14. The van der Waals surface area contributed by atoms with Crippen LogP contribution in [0.4, 0.5) is 5.69 Å². The van der Waals surface area contributed by atoms with E-state index in [-0.39, 0.29) is 6.42 Å². The molecule has 1 rings (SSSR count). The minimum atomic E-state index is -1.13. The molecule has 0 saturated heterocycles. The van der Waals surface area contributed by atoms with Crippen LogP contribution in [0.15, 0.2) is 24.3 Å². The molecule has 1 amide bonds. The normalized spacial score (nSPS) is 11.3. The summed E-state index contributed by atoms with van der Waals surface area (Å²) in [5, 5.41) is 11.4. The highest BCUT2D eigenvalue weighted by molar-refractivity contribution is 6.04. The fourth-order valence-electron chi connectivity index (χ4n) is 1.39. The predicted molar refractivity (Wildman–Crippen MR) is 64.4 cm³/mol. The third-order valence-electron chi connectivity index (χ3n) is 2.32. The quantitative estimate of drug-likeness (QED) is 0.612. The predicted octanol–water partition coefficient (Wildman–Crippen LogP) is 1.72. The molecular formula is C13H13NO3. The Labute approximate surface area is 99.7 Å². The zero-order valence-corrected chi connectivity index (χ0v) is 9.43. The zero-order valence-electron chi connectivity index (χ0n) is 9.43. The number of hydrogen-bond donors (Lipinski definition) is 2. The molecule has 1 atom stereocenters. The number of aliphatic carboxylic acids is 1. The molecule has 17 heavy (non-hydrogen) atoms. The van der Waals surface area contributed by atoms with Crippen molar-refractivity contribution < 1.29 is 14.7 Å². The Balaban J connectivity index is 2.80. The number of benzene rings is 1. The molecule has 1 aromatic rings. The van der Waals surface area contributed by atoms with Crippen LogP contribution in [0, 0.1) is 18.3 Å². The lowest BCUT2D eigenvalue weighted by Gasteiger charge is -2.10. The molecule has 0 saturated carbocycles. The summed E-state index contributed by atoms with van der Waals surface area (Å²) >= 11 is 0. The number of nitrogens with one attached hydrogen (secondary N) is 1. The SMILES string of the molecule is C#Cc1cccc(NC(=O)C(CC)C(=O)O)c1. The molecule has 0 fully saturated rings. The van der Waals surface area contributed by atoms with Crippen LogP contribution >= 0.6 is 0 Å². The Morgan fingerprint density at radius 1 is 1.53 bits per heavy atom. The molecule has 0 bridgehead atoms. The van der Waals surface area contributed by atoms with Crippen molar-refractivity contribution in [2.24, 2.45) is 5.92 Å². The van der Waals surface area contributed by atoms with Crippen LogP contribution in [0.1, 0.15) is 18.9 Å². The third kappa shape index (κ3) is 3.35. The zero-order chi connectivity index (χ0) is 12.8. The highest BCUT2D eigenvalue weighted by Gasteiger charge is 2.23. The first-order chi connectivity index (χ1) is 8.08. The van der Waals surface area contributed by atoms with E-state index in [2.05, 4.69) is 11.2 Å². The van der Waals surface area contributed by atoms with Gasteiger partial charge in [0.25, 0.3) is 0 Å². The Kier molecular flexibility index (Phi) is 4.29. The van der Waals surface area contributed by atoms with E-state index >= 15 is 0 Å². The van der Waals surface area contributed by atoms with Crippen molar-refractivity contribution in [3.8, 4) is 12.3 Å². The van der Waals surface area contributed by atoms with Gasteiger partial charge < -0.3 is 10.4 Å². The Bertz CT molecular complexity index is 474. The van der Waals surface area contributed by atoms with Crippen molar-refractivity contribution in [3.63, 3.8) is 0 Å². The number of hydrogen-bond acceptors (Lipinski definition) is 2. The number of carboxylic acids is 1. The van der Waals surface area contributed by atoms with Gasteiger partial charge in [0.05, 0.1) is 0 Å². The minimum absolute atomic E-state index is 0.246. The average molecular weight is 231 g/mol. The summed E-state index contributed by atoms with van der Waals surface area (Å²) in [5.74, 6) is -0.258. The fourth-order valence-corrected chi connectivity index (χ4v) is 1.39. The maximum Gasteiger partial charge on any atom is 0.316 e. The Morgan fingerprint density at radius 3 is 2.76 bits per heavy atom. The van der Waals surface area contributed by atoms with Gasteiger partial charge in [-0.05, 0) is 24.6 Å². The highest BCUT2D eigenvalue weighted by Crippen LogP contribution is 2.12. The first kappa shape index (κ1) is 12.8. The number of rotatable bonds is 4. The summed E-state index contributed by atoms with van der Waals surface area (Å²) in [6, 6.07) is 6.70. The topological polar surface area (TPSA) is 66.4 Å². The minimum Gasteiger partial charge on any atom is -0.481 e. The first-order valence-electron chi connectivity index (χ1n) is 5.18. The van der Waals surface area contributed by atoms with Crippen molar-refractivity contribution in [2.75, 3.05) is 5.32 Å². The van der Waals surface area contributed by atoms with Gasteiger partial charge in [0, 0.05) is 11.3 Å². The van der Waals surface area contributed by atoms with Gasteiger partial charge >= 0.3 is 5.97 Å². The van der Waals surface area contributed by atoms with Gasteiger partial charge in [-0.2, -0.15) is 0 Å². The summed E-state index contributed by atoms with van der Waals surface area (Å²) in [6.45, 7) is 1.65. The standard InChI is InChI=1S/C13H13NO3/c1-3-9-6-5-7-10(8-9)14-12(15)11(4-2)13(16)17/h1,5-8,11H,4H2,2H3,(H,14,15)(H,16,17). The first-order valence-corrected chi connectivity index (χ1v) is 5.18. The van der Waals surface area contributed by atoms with Crippen LogP contribution in [0.25, 0.3) is 0 Å². The van der Waals surface area contributed by atoms with Crippen LogP contribution < -0.4 is 5.32 Å².